The van der Waals surface area contributed by atoms with Crippen LogP contribution in [0.25, 0.3) is 0 Å². The van der Waals surface area contributed by atoms with E-state index in [-0.39, 0.29) is 18.4 Å². The average molecular weight is 288 g/mol. The second-order valence-corrected chi connectivity index (χ2v) is 5.74. The molecule has 0 amide bonds. The van der Waals surface area contributed by atoms with Gasteiger partial charge in [0.1, 0.15) is 0 Å². The van der Waals surface area contributed by atoms with Gasteiger partial charge in [0.05, 0.1) is 12.3 Å². The number of hydrogen-bond acceptors (Lipinski definition) is 6. The van der Waals surface area contributed by atoms with E-state index in [0.29, 0.717) is 19.0 Å². The van der Waals surface area contributed by atoms with Crippen LogP contribution in [0.1, 0.15) is 46.0 Å². The summed E-state index contributed by atoms with van der Waals surface area (Å²) in [5, 5.41) is 0. The molecule has 0 fully saturated rings. The molecule has 122 valence electrons. The van der Waals surface area contributed by atoms with Crippen molar-refractivity contribution in [3.05, 3.63) is 0 Å². The molecule has 0 saturated carbocycles. The molecule has 6 nitrogen and oxygen atoms in total. The van der Waals surface area contributed by atoms with Crippen molar-refractivity contribution in [3.63, 3.8) is 0 Å². The highest BCUT2D eigenvalue weighted by atomic mass is 15.3. The zero-order valence-corrected chi connectivity index (χ0v) is 13.3. The van der Waals surface area contributed by atoms with E-state index in [0.717, 1.165) is 38.6 Å². The standard InChI is InChI=1S/C14H36N6/c1-3-12(17)11(2)10-20(14(19)7-9-16)13(18)6-4-5-8-15/h11-14H,3-10,15-19H2,1-2H3. The van der Waals surface area contributed by atoms with Crippen molar-refractivity contribution in [1.82, 2.24) is 4.90 Å². The first kappa shape index (κ1) is 19.8. The zero-order valence-electron chi connectivity index (χ0n) is 13.3. The van der Waals surface area contributed by atoms with Gasteiger partial charge in [-0.25, -0.2) is 0 Å². The predicted molar refractivity (Wildman–Crippen MR) is 86.7 cm³/mol. The lowest BCUT2D eigenvalue weighted by Gasteiger charge is -2.37. The largest absolute Gasteiger partial charge is 0.330 e. The third-order valence-electron chi connectivity index (χ3n) is 3.97. The van der Waals surface area contributed by atoms with E-state index < -0.39 is 0 Å². The molecule has 0 saturated heterocycles. The SMILES string of the molecule is CCC(N)C(C)CN(C(N)CCN)C(N)CCCCN. The van der Waals surface area contributed by atoms with E-state index >= 15 is 0 Å². The molecule has 4 unspecified atom stereocenters. The first-order valence-corrected chi connectivity index (χ1v) is 7.90. The van der Waals surface area contributed by atoms with Crippen molar-refractivity contribution in [2.75, 3.05) is 19.6 Å². The highest BCUT2D eigenvalue weighted by Crippen LogP contribution is 2.14. The summed E-state index contributed by atoms with van der Waals surface area (Å²) in [4.78, 5) is 2.16. The lowest BCUT2D eigenvalue weighted by molar-refractivity contribution is 0.0994. The van der Waals surface area contributed by atoms with Gasteiger partial charge in [-0.15, -0.1) is 0 Å². The summed E-state index contributed by atoms with van der Waals surface area (Å²) in [6, 6.07) is 0.179. The minimum absolute atomic E-state index is 0.0467. The molecule has 20 heavy (non-hydrogen) atoms. The van der Waals surface area contributed by atoms with E-state index in [1.54, 1.807) is 0 Å². The molecule has 0 aromatic rings. The third kappa shape index (κ3) is 7.52. The third-order valence-corrected chi connectivity index (χ3v) is 3.97. The van der Waals surface area contributed by atoms with E-state index in [4.69, 9.17) is 28.7 Å². The maximum Gasteiger partial charge on any atom is 0.0597 e. The van der Waals surface area contributed by atoms with Crippen molar-refractivity contribution in [1.29, 1.82) is 0 Å². The first-order valence-electron chi connectivity index (χ1n) is 7.90. The predicted octanol–water partition coefficient (Wildman–Crippen LogP) is -0.291. The number of nitrogens with two attached hydrogens (primary N) is 5. The van der Waals surface area contributed by atoms with Gasteiger partial charge in [0.25, 0.3) is 0 Å². The molecule has 0 aliphatic carbocycles. The number of hydrogen-bond donors (Lipinski definition) is 5. The zero-order chi connectivity index (χ0) is 15.5. The smallest absolute Gasteiger partial charge is 0.0597 e. The van der Waals surface area contributed by atoms with Gasteiger partial charge >= 0.3 is 0 Å². The Kier molecular flexibility index (Phi) is 11.3. The van der Waals surface area contributed by atoms with Gasteiger partial charge in [-0.1, -0.05) is 13.8 Å². The van der Waals surface area contributed by atoms with Crippen LogP contribution in [0.3, 0.4) is 0 Å². The molecule has 0 aliphatic heterocycles. The van der Waals surface area contributed by atoms with Crippen molar-refractivity contribution >= 4 is 0 Å². The highest BCUT2D eigenvalue weighted by Gasteiger charge is 2.24. The maximum atomic E-state index is 6.30. The molecule has 6 heteroatoms. The van der Waals surface area contributed by atoms with Crippen LogP contribution in [-0.2, 0) is 0 Å². The van der Waals surface area contributed by atoms with Crippen molar-refractivity contribution in [2.24, 2.45) is 34.6 Å². The summed E-state index contributed by atoms with van der Waals surface area (Å²) in [5.41, 5.74) is 29.8. The molecular formula is C14H36N6. The van der Waals surface area contributed by atoms with Crippen LogP contribution < -0.4 is 28.7 Å². The Balaban J connectivity index is 4.54. The topological polar surface area (TPSA) is 133 Å². The van der Waals surface area contributed by atoms with Crippen molar-refractivity contribution in [2.45, 2.75) is 64.3 Å². The minimum Gasteiger partial charge on any atom is -0.330 e. The fraction of sp³-hybridized carbons (Fsp3) is 1.00. The van der Waals surface area contributed by atoms with Gasteiger partial charge in [0.15, 0.2) is 0 Å². The molecule has 0 radical (unpaired) electrons. The van der Waals surface area contributed by atoms with Gasteiger partial charge in [-0.3, -0.25) is 4.90 Å². The van der Waals surface area contributed by atoms with Crippen LogP contribution in [0.15, 0.2) is 0 Å². The van der Waals surface area contributed by atoms with E-state index in [2.05, 4.69) is 18.7 Å². The molecule has 10 N–H and O–H groups in total. The Labute approximate surface area is 124 Å². The summed E-state index contributed by atoms with van der Waals surface area (Å²) in [6.07, 6.45) is 4.50. The average Bonchev–Trinajstić information content (AvgIpc) is 2.43. The Morgan fingerprint density at radius 1 is 0.900 bits per heavy atom. The van der Waals surface area contributed by atoms with Crippen molar-refractivity contribution < 1.29 is 0 Å². The number of unbranched alkanes of at least 4 members (excludes halogenated alkanes) is 1. The van der Waals surface area contributed by atoms with Crippen LogP contribution in [0.4, 0.5) is 0 Å². The van der Waals surface area contributed by atoms with Crippen LogP contribution in [0, 0.1) is 5.92 Å². The second kappa shape index (κ2) is 11.4. The highest BCUT2D eigenvalue weighted by molar-refractivity contribution is 4.78. The quantitative estimate of drug-likeness (QED) is 0.247. The second-order valence-electron chi connectivity index (χ2n) is 5.74. The maximum absolute atomic E-state index is 6.30. The molecule has 0 bridgehead atoms. The van der Waals surface area contributed by atoms with Crippen LogP contribution in [-0.4, -0.2) is 42.9 Å². The molecule has 0 aromatic carbocycles. The Hall–Kier alpha value is -0.240. The van der Waals surface area contributed by atoms with Crippen molar-refractivity contribution in [3.8, 4) is 0 Å². The lowest BCUT2D eigenvalue weighted by Crippen LogP contribution is -2.55. The Bertz CT molecular complexity index is 226. The molecular weight excluding hydrogens is 252 g/mol. The summed E-state index contributed by atoms with van der Waals surface area (Å²) in [5.74, 6) is 0.365. The number of nitrogens with zero attached hydrogens (tertiary/aromatic N) is 1. The van der Waals surface area contributed by atoms with Gasteiger partial charge in [0, 0.05) is 12.6 Å². The summed E-state index contributed by atoms with van der Waals surface area (Å²) < 4.78 is 0. The monoisotopic (exact) mass is 288 g/mol. The van der Waals surface area contributed by atoms with Crippen LogP contribution in [0.2, 0.25) is 0 Å². The molecule has 0 heterocycles. The van der Waals surface area contributed by atoms with Gasteiger partial charge < -0.3 is 28.7 Å². The lowest BCUT2D eigenvalue weighted by atomic mass is 9.99. The van der Waals surface area contributed by atoms with Gasteiger partial charge in [-0.05, 0) is 51.1 Å². The van der Waals surface area contributed by atoms with E-state index in [1.165, 1.54) is 0 Å². The van der Waals surface area contributed by atoms with E-state index in [1.807, 2.05) is 0 Å². The summed E-state index contributed by atoms with van der Waals surface area (Å²) in [7, 11) is 0. The fourth-order valence-electron chi connectivity index (χ4n) is 2.39. The molecule has 0 aromatic heterocycles. The molecule has 0 spiro atoms. The van der Waals surface area contributed by atoms with Gasteiger partial charge in [-0.2, -0.15) is 0 Å². The first-order chi connectivity index (χ1) is 9.47. The number of rotatable bonds is 12. The van der Waals surface area contributed by atoms with Crippen LogP contribution >= 0.6 is 0 Å². The fourth-order valence-corrected chi connectivity index (χ4v) is 2.39. The molecule has 0 rings (SSSR count). The molecule has 0 aliphatic rings. The summed E-state index contributed by atoms with van der Waals surface area (Å²) >= 11 is 0. The minimum atomic E-state index is -0.0978. The normalized spacial score (nSPS) is 18.0. The van der Waals surface area contributed by atoms with E-state index in [9.17, 15) is 0 Å². The summed E-state index contributed by atoms with van der Waals surface area (Å²) in [6.45, 7) is 6.36. The van der Waals surface area contributed by atoms with Crippen LogP contribution in [0.5, 0.6) is 0 Å². The van der Waals surface area contributed by atoms with Gasteiger partial charge in [0.2, 0.25) is 0 Å². The Morgan fingerprint density at radius 2 is 1.50 bits per heavy atom. The Morgan fingerprint density at radius 3 is 2.00 bits per heavy atom. The molecule has 4 atom stereocenters.